The Kier molecular flexibility index (Phi) is 3.34. The topological polar surface area (TPSA) is 170 Å². The van der Waals surface area contributed by atoms with Gasteiger partial charge in [0.15, 0.2) is 11.9 Å². The van der Waals surface area contributed by atoms with Crippen molar-refractivity contribution in [1.29, 1.82) is 5.26 Å². The Hall–Kier alpha value is -2.45. The lowest BCUT2D eigenvalue weighted by Crippen LogP contribution is -2.33. The minimum absolute atomic E-state index is 0.00874. The lowest BCUT2D eigenvalue weighted by molar-refractivity contribution is -0.0508. The van der Waals surface area contributed by atoms with Gasteiger partial charge in [0, 0.05) is 6.20 Å². The van der Waals surface area contributed by atoms with Crippen LogP contribution in [0.5, 0.6) is 0 Å². The number of aliphatic hydroxyl groups excluding tert-OH is 3. The molecule has 3 rings (SSSR count). The van der Waals surface area contributed by atoms with E-state index in [1.54, 1.807) is 0 Å². The van der Waals surface area contributed by atoms with Crippen LogP contribution in [0.2, 0.25) is 0 Å². The molecule has 0 radical (unpaired) electrons. The van der Waals surface area contributed by atoms with Crippen molar-refractivity contribution in [3.8, 4) is 6.07 Å². The molecule has 2 unspecified atom stereocenters. The molecule has 1 saturated heterocycles. The van der Waals surface area contributed by atoms with Crippen LogP contribution in [0.15, 0.2) is 11.0 Å². The predicted octanol–water partition coefficient (Wildman–Crippen LogP) is -2.21. The van der Waals surface area contributed by atoms with E-state index in [4.69, 9.17) is 20.8 Å². The molecule has 22 heavy (non-hydrogen) atoms. The third kappa shape index (κ3) is 1.96. The van der Waals surface area contributed by atoms with Crippen LogP contribution in [0.3, 0.4) is 0 Å². The molecule has 0 aromatic carbocycles. The summed E-state index contributed by atoms with van der Waals surface area (Å²) in [6.07, 6.45) is -3.47. The number of nitrogens with zero attached hydrogens (tertiary/aromatic N) is 3. The maximum absolute atomic E-state index is 11.9. The number of hydrogen-bond acceptors (Lipinski definition) is 8. The second kappa shape index (κ2) is 5.08. The molecule has 0 spiro atoms. The van der Waals surface area contributed by atoms with E-state index in [1.165, 1.54) is 10.8 Å². The summed E-state index contributed by atoms with van der Waals surface area (Å²) in [5, 5.41) is 38.1. The Balaban J connectivity index is 2.20. The van der Waals surface area contributed by atoms with Gasteiger partial charge in [-0.2, -0.15) is 10.2 Å². The first-order chi connectivity index (χ1) is 10.5. The molecule has 0 aliphatic carbocycles. The van der Waals surface area contributed by atoms with Crippen molar-refractivity contribution >= 4 is 17.0 Å². The Morgan fingerprint density at radius 1 is 1.50 bits per heavy atom. The van der Waals surface area contributed by atoms with Gasteiger partial charge in [-0.3, -0.25) is 9.78 Å². The number of nitriles is 1. The zero-order valence-corrected chi connectivity index (χ0v) is 11.2. The molecule has 10 nitrogen and oxygen atoms in total. The number of H-pyrrole nitrogens is 1. The van der Waals surface area contributed by atoms with Crippen LogP contribution in [0.1, 0.15) is 11.8 Å². The first kappa shape index (κ1) is 14.5. The number of nitrogens with two attached hydrogens (primary N) is 1. The molecule has 0 amide bonds. The second-order valence-electron chi connectivity index (χ2n) is 4.94. The third-order valence-electron chi connectivity index (χ3n) is 3.61. The summed E-state index contributed by atoms with van der Waals surface area (Å²) in [6, 6.07) is 1.85. The van der Waals surface area contributed by atoms with Crippen LogP contribution in [0.25, 0.3) is 11.0 Å². The normalized spacial score (nSPS) is 28.1. The molecule has 1 aliphatic heterocycles. The van der Waals surface area contributed by atoms with Gasteiger partial charge in [0.25, 0.3) is 5.56 Å². The number of aromatic nitrogens is 3. The molecule has 1 aliphatic rings. The molecule has 4 atom stereocenters. The second-order valence-corrected chi connectivity index (χ2v) is 4.94. The van der Waals surface area contributed by atoms with Crippen molar-refractivity contribution in [2.24, 2.45) is 0 Å². The van der Waals surface area contributed by atoms with Gasteiger partial charge in [0.2, 0.25) is 5.95 Å². The summed E-state index contributed by atoms with van der Waals surface area (Å²) in [6.45, 7) is -0.491. The molecule has 0 saturated carbocycles. The van der Waals surface area contributed by atoms with Gasteiger partial charge in [-0.15, -0.1) is 0 Å². The minimum Gasteiger partial charge on any atom is -0.394 e. The van der Waals surface area contributed by atoms with E-state index < -0.39 is 36.7 Å². The van der Waals surface area contributed by atoms with E-state index in [9.17, 15) is 15.0 Å². The van der Waals surface area contributed by atoms with Crippen LogP contribution >= 0.6 is 0 Å². The summed E-state index contributed by atoms with van der Waals surface area (Å²) in [5.74, 6) is -0.159. The molecule has 6 N–H and O–H groups in total. The number of hydrogen-bond donors (Lipinski definition) is 5. The lowest BCUT2D eigenvalue weighted by atomic mass is 10.1. The zero-order valence-electron chi connectivity index (χ0n) is 11.2. The number of nitrogens with one attached hydrogen (secondary N) is 1. The van der Waals surface area contributed by atoms with Crippen molar-refractivity contribution in [3.63, 3.8) is 0 Å². The fourth-order valence-electron chi connectivity index (χ4n) is 2.56. The van der Waals surface area contributed by atoms with E-state index in [0.717, 1.165) is 0 Å². The van der Waals surface area contributed by atoms with E-state index >= 15 is 0 Å². The Bertz CT molecular complexity index is 822. The van der Waals surface area contributed by atoms with Gasteiger partial charge in [-0.25, -0.2) is 0 Å². The summed E-state index contributed by atoms with van der Waals surface area (Å²) < 4.78 is 6.63. The van der Waals surface area contributed by atoms with Gasteiger partial charge in [0.05, 0.1) is 12.2 Å². The quantitative estimate of drug-likeness (QED) is 0.415. The van der Waals surface area contributed by atoms with Crippen LogP contribution < -0.4 is 11.3 Å². The SMILES string of the molecule is N#Cc1cn([C@@H]2O[C@H](CO)C(O)C2O)c2nc(N)[nH]c(=O)c12. The first-order valence-corrected chi connectivity index (χ1v) is 6.40. The number of fused-ring (bicyclic) bond motifs is 1. The zero-order chi connectivity index (χ0) is 16.0. The Labute approximate surface area is 123 Å². The van der Waals surface area contributed by atoms with Crippen molar-refractivity contribution in [2.45, 2.75) is 24.5 Å². The highest BCUT2D eigenvalue weighted by Gasteiger charge is 2.44. The van der Waals surface area contributed by atoms with E-state index in [2.05, 4.69) is 9.97 Å². The fraction of sp³-hybridized carbons (Fsp3) is 0.417. The average molecular weight is 307 g/mol. The van der Waals surface area contributed by atoms with Crippen molar-refractivity contribution < 1.29 is 20.1 Å². The average Bonchev–Trinajstić information content (AvgIpc) is 2.98. The summed E-state index contributed by atoms with van der Waals surface area (Å²) in [5.41, 5.74) is 4.99. The van der Waals surface area contributed by atoms with E-state index in [0.29, 0.717) is 0 Å². The highest BCUT2D eigenvalue weighted by Crippen LogP contribution is 2.32. The molecule has 3 heterocycles. The van der Waals surface area contributed by atoms with Gasteiger partial charge in [-0.1, -0.05) is 0 Å². The molecular formula is C12H13N5O5. The molecular weight excluding hydrogens is 294 g/mol. The van der Waals surface area contributed by atoms with Gasteiger partial charge in [0.1, 0.15) is 29.8 Å². The van der Waals surface area contributed by atoms with Gasteiger partial charge < -0.3 is 30.4 Å². The minimum atomic E-state index is -1.36. The smallest absolute Gasteiger partial charge is 0.263 e. The van der Waals surface area contributed by atoms with Crippen molar-refractivity contribution in [1.82, 2.24) is 14.5 Å². The highest BCUT2D eigenvalue weighted by molar-refractivity contribution is 5.83. The molecule has 0 bridgehead atoms. The molecule has 2 aromatic rings. The van der Waals surface area contributed by atoms with Crippen LogP contribution in [0.4, 0.5) is 5.95 Å². The maximum atomic E-state index is 11.9. The van der Waals surface area contributed by atoms with Gasteiger partial charge in [-0.05, 0) is 0 Å². The van der Waals surface area contributed by atoms with Crippen LogP contribution in [-0.4, -0.2) is 54.8 Å². The standard InChI is InChI=1S/C12H13N5O5/c13-1-4-2-17(9-6(4)10(21)16-12(14)15-9)11-8(20)7(19)5(3-18)22-11/h2,5,7-8,11,18-20H,3H2,(H3,14,15,16,21)/t5-,7?,8?,11-/m1/s1. The monoisotopic (exact) mass is 307 g/mol. The lowest BCUT2D eigenvalue weighted by Gasteiger charge is -2.17. The summed E-state index contributed by atoms with van der Waals surface area (Å²) in [4.78, 5) is 18.2. The highest BCUT2D eigenvalue weighted by atomic mass is 16.6. The summed E-state index contributed by atoms with van der Waals surface area (Å²) >= 11 is 0. The van der Waals surface area contributed by atoms with E-state index in [-0.39, 0.29) is 22.5 Å². The van der Waals surface area contributed by atoms with Crippen LogP contribution in [-0.2, 0) is 4.74 Å². The fourth-order valence-corrected chi connectivity index (χ4v) is 2.56. The van der Waals surface area contributed by atoms with E-state index in [1.807, 2.05) is 6.07 Å². The Morgan fingerprint density at radius 3 is 2.82 bits per heavy atom. The number of nitrogen functional groups attached to an aromatic ring is 1. The summed E-state index contributed by atoms with van der Waals surface area (Å²) in [7, 11) is 0. The molecule has 1 fully saturated rings. The van der Waals surface area contributed by atoms with Gasteiger partial charge >= 0.3 is 0 Å². The molecule has 2 aromatic heterocycles. The maximum Gasteiger partial charge on any atom is 0.263 e. The first-order valence-electron chi connectivity index (χ1n) is 6.40. The van der Waals surface area contributed by atoms with Crippen molar-refractivity contribution in [3.05, 3.63) is 22.1 Å². The number of aromatic amines is 1. The molecule has 10 heteroatoms. The Morgan fingerprint density at radius 2 is 2.23 bits per heavy atom. The largest absolute Gasteiger partial charge is 0.394 e. The number of aliphatic hydroxyl groups is 3. The van der Waals surface area contributed by atoms with Crippen LogP contribution in [0, 0.1) is 11.3 Å². The number of ether oxygens (including phenoxy) is 1. The number of rotatable bonds is 2. The van der Waals surface area contributed by atoms with Crippen molar-refractivity contribution in [2.75, 3.05) is 12.3 Å². The third-order valence-corrected chi connectivity index (χ3v) is 3.61. The number of anilines is 1. The molecule has 116 valence electrons. The predicted molar refractivity (Wildman–Crippen MR) is 72.5 cm³/mol.